The van der Waals surface area contributed by atoms with Crippen LogP contribution in [0.3, 0.4) is 0 Å². The number of nitrogens with one attached hydrogen (secondary N) is 2. The number of rotatable bonds is 6. The number of halogens is 1. The smallest absolute Gasteiger partial charge is 0.191 e. The number of benzene rings is 1. The number of guanidine groups is 1. The Labute approximate surface area is 179 Å². The molecule has 3 rings (SSSR count). The second-order valence-electron chi connectivity index (χ2n) is 7.01. The molecule has 0 saturated carbocycles. The minimum atomic E-state index is 0. The Hall–Kier alpha value is -1.64. The Kier molecular flexibility index (Phi) is 8.53. The molecule has 0 atom stereocenters. The second kappa shape index (κ2) is 10.6. The highest BCUT2D eigenvalue weighted by Gasteiger charge is 2.15. The van der Waals surface area contributed by atoms with Crippen molar-refractivity contribution in [3.8, 4) is 0 Å². The zero-order valence-corrected chi connectivity index (χ0v) is 18.9. The molecule has 0 bridgehead atoms. The van der Waals surface area contributed by atoms with E-state index in [4.69, 9.17) is 4.99 Å². The van der Waals surface area contributed by atoms with E-state index in [1.807, 2.05) is 0 Å². The predicted molar refractivity (Wildman–Crippen MR) is 121 cm³/mol. The number of aryl methyl sites for hydroxylation is 3. The maximum absolute atomic E-state index is 4.70. The fraction of sp³-hybridized carbons (Fsp3) is 0.550. The molecule has 0 fully saturated rings. The van der Waals surface area contributed by atoms with E-state index >= 15 is 0 Å². The Morgan fingerprint density at radius 3 is 2.63 bits per heavy atom. The van der Waals surface area contributed by atoms with Crippen LogP contribution in [0.25, 0.3) is 0 Å². The van der Waals surface area contributed by atoms with Crippen molar-refractivity contribution in [2.24, 2.45) is 4.99 Å². The van der Waals surface area contributed by atoms with Crippen LogP contribution in [0.15, 0.2) is 23.2 Å². The maximum atomic E-state index is 4.70. The van der Waals surface area contributed by atoms with Crippen molar-refractivity contribution in [1.82, 2.24) is 25.4 Å². The molecule has 1 aromatic carbocycles. The summed E-state index contributed by atoms with van der Waals surface area (Å²) in [5.41, 5.74) is 3.99. The first kappa shape index (κ1) is 21.7. The van der Waals surface area contributed by atoms with Crippen LogP contribution in [0, 0.1) is 13.8 Å². The quantitative estimate of drug-likeness (QED) is 0.377. The molecule has 7 heteroatoms. The lowest BCUT2D eigenvalue weighted by Crippen LogP contribution is -2.38. The Balaban J connectivity index is 0.00000261. The Morgan fingerprint density at radius 1 is 1.11 bits per heavy atom. The van der Waals surface area contributed by atoms with E-state index in [1.165, 1.54) is 29.5 Å². The topological polar surface area (TPSA) is 67.1 Å². The standard InChI is InChI=1S/C20H30N6.HI/c1-4-21-20(22-9-8-17-12-15(2)11-16(3)13-17)23-14-19-25-24-18-7-5-6-10-26(18)19;/h11-13H,4-10,14H2,1-3H3,(H2,21,22,23);1H. The molecule has 1 aliphatic heterocycles. The summed E-state index contributed by atoms with van der Waals surface area (Å²) in [7, 11) is 0. The molecule has 0 saturated heterocycles. The zero-order valence-electron chi connectivity index (χ0n) is 16.6. The average molecular weight is 482 g/mol. The molecule has 148 valence electrons. The van der Waals surface area contributed by atoms with E-state index in [9.17, 15) is 0 Å². The average Bonchev–Trinajstić information content (AvgIpc) is 3.02. The lowest BCUT2D eigenvalue weighted by molar-refractivity contribution is 0.508. The van der Waals surface area contributed by atoms with Crippen LogP contribution in [0.4, 0.5) is 0 Å². The van der Waals surface area contributed by atoms with Gasteiger partial charge in [-0.25, -0.2) is 4.99 Å². The Bertz CT molecular complexity index is 748. The molecule has 1 aromatic heterocycles. The third kappa shape index (κ3) is 6.19. The van der Waals surface area contributed by atoms with E-state index in [-0.39, 0.29) is 24.0 Å². The van der Waals surface area contributed by atoms with Gasteiger partial charge in [-0.2, -0.15) is 0 Å². The first-order valence-corrected chi connectivity index (χ1v) is 9.66. The van der Waals surface area contributed by atoms with Crippen molar-refractivity contribution < 1.29 is 0 Å². The molecule has 2 aromatic rings. The molecule has 0 aliphatic carbocycles. The second-order valence-corrected chi connectivity index (χ2v) is 7.01. The van der Waals surface area contributed by atoms with Gasteiger partial charge in [0.15, 0.2) is 11.8 Å². The van der Waals surface area contributed by atoms with Gasteiger partial charge in [-0.05, 0) is 45.6 Å². The first-order chi connectivity index (χ1) is 12.7. The summed E-state index contributed by atoms with van der Waals surface area (Å²) in [6.07, 6.45) is 4.43. The van der Waals surface area contributed by atoms with E-state index in [1.54, 1.807) is 0 Å². The summed E-state index contributed by atoms with van der Waals surface area (Å²) >= 11 is 0. The van der Waals surface area contributed by atoms with Gasteiger partial charge in [-0.15, -0.1) is 34.2 Å². The van der Waals surface area contributed by atoms with E-state index in [0.717, 1.165) is 50.1 Å². The maximum Gasteiger partial charge on any atom is 0.191 e. The molecular weight excluding hydrogens is 451 g/mol. The number of hydrogen-bond acceptors (Lipinski definition) is 3. The summed E-state index contributed by atoms with van der Waals surface area (Å²) < 4.78 is 2.23. The number of nitrogens with zero attached hydrogens (tertiary/aromatic N) is 4. The SMILES string of the molecule is CCNC(=NCc1nnc2n1CCCC2)NCCc1cc(C)cc(C)c1.I. The molecule has 27 heavy (non-hydrogen) atoms. The van der Waals surface area contributed by atoms with Crippen LogP contribution >= 0.6 is 24.0 Å². The van der Waals surface area contributed by atoms with Gasteiger partial charge >= 0.3 is 0 Å². The Morgan fingerprint density at radius 2 is 1.89 bits per heavy atom. The summed E-state index contributed by atoms with van der Waals surface area (Å²) in [5, 5.41) is 15.4. The van der Waals surface area contributed by atoms with Gasteiger partial charge in [0.1, 0.15) is 12.4 Å². The first-order valence-electron chi connectivity index (χ1n) is 9.66. The molecule has 1 aliphatic rings. The van der Waals surface area contributed by atoms with Crippen molar-refractivity contribution >= 4 is 29.9 Å². The van der Waals surface area contributed by atoms with Gasteiger partial charge < -0.3 is 15.2 Å². The predicted octanol–water partition coefficient (Wildman–Crippen LogP) is 3.15. The molecule has 0 radical (unpaired) electrons. The number of aliphatic imine (C=N–C) groups is 1. The zero-order chi connectivity index (χ0) is 18.4. The van der Waals surface area contributed by atoms with Crippen molar-refractivity contribution in [3.63, 3.8) is 0 Å². The summed E-state index contributed by atoms with van der Waals surface area (Å²) in [5.74, 6) is 2.91. The van der Waals surface area contributed by atoms with E-state index in [0.29, 0.717) is 6.54 Å². The number of fused-ring (bicyclic) bond motifs is 1. The van der Waals surface area contributed by atoms with Crippen LogP contribution in [0.2, 0.25) is 0 Å². The summed E-state index contributed by atoms with van der Waals surface area (Å²) in [6, 6.07) is 6.71. The summed E-state index contributed by atoms with van der Waals surface area (Å²) in [6.45, 7) is 9.65. The molecule has 0 amide bonds. The van der Waals surface area contributed by atoms with Gasteiger partial charge in [0.25, 0.3) is 0 Å². The lowest BCUT2D eigenvalue weighted by Gasteiger charge is -2.15. The third-order valence-electron chi connectivity index (χ3n) is 4.65. The van der Waals surface area contributed by atoms with Crippen molar-refractivity contribution in [2.75, 3.05) is 13.1 Å². The molecular formula is C20H31IN6. The molecule has 6 nitrogen and oxygen atoms in total. The molecule has 2 N–H and O–H groups in total. The van der Waals surface area contributed by atoms with E-state index in [2.05, 4.69) is 64.4 Å². The van der Waals surface area contributed by atoms with Crippen LogP contribution in [-0.4, -0.2) is 33.8 Å². The highest BCUT2D eigenvalue weighted by atomic mass is 127. The number of hydrogen-bond donors (Lipinski definition) is 2. The highest BCUT2D eigenvalue weighted by molar-refractivity contribution is 14.0. The van der Waals surface area contributed by atoms with Gasteiger partial charge in [0.2, 0.25) is 0 Å². The third-order valence-corrected chi connectivity index (χ3v) is 4.65. The minimum Gasteiger partial charge on any atom is -0.357 e. The van der Waals surface area contributed by atoms with Crippen LogP contribution < -0.4 is 10.6 Å². The summed E-state index contributed by atoms with van der Waals surface area (Å²) in [4.78, 5) is 4.70. The van der Waals surface area contributed by atoms with Crippen LogP contribution in [-0.2, 0) is 25.9 Å². The number of aromatic nitrogens is 3. The normalized spacial score (nSPS) is 13.7. The largest absolute Gasteiger partial charge is 0.357 e. The van der Waals surface area contributed by atoms with Crippen molar-refractivity contribution in [1.29, 1.82) is 0 Å². The fourth-order valence-electron chi connectivity index (χ4n) is 3.52. The van der Waals surface area contributed by atoms with Crippen LogP contribution in [0.1, 0.15) is 48.1 Å². The molecule has 0 unspecified atom stereocenters. The molecule has 2 heterocycles. The van der Waals surface area contributed by atoms with Crippen LogP contribution in [0.5, 0.6) is 0 Å². The molecule has 0 spiro atoms. The van der Waals surface area contributed by atoms with Gasteiger partial charge in [-0.1, -0.05) is 29.3 Å². The highest BCUT2D eigenvalue weighted by Crippen LogP contribution is 2.14. The van der Waals surface area contributed by atoms with Gasteiger partial charge in [0.05, 0.1) is 0 Å². The lowest BCUT2D eigenvalue weighted by atomic mass is 10.1. The van der Waals surface area contributed by atoms with Crippen molar-refractivity contribution in [2.45, 2.75) is 59.5 Å². The minimum absolute atomic E-state index is 0. The van der Waals surface area contributed by atoms with E-state index < -0.39 is 0 Å². The van der Waals surface area contributed by atoms with Gasteiger partial charge in [0, 0.05) is 26.1 Å². The van der Waals surface area contributed by atoms with Gasteiger partial charge in [-0.3, -0.25) is 0 Å². The van der Waals surface area contributed by atoms with Crippen molar-refractivity contribution in [3.05, 3.63) is 46.5 Å². The monoisotopic (exact) mass is 482 g/mol. The fourth-order valence-corrected chi connectivity index (χ4v) is 3.52.